The topological polar surface area (TPSA) is 75.4 Å². The molecule has 0 saturated carbocycles. The third-order valence-corrected chi connectivity index (χ3v) is 2.79. The monoisotopic (exact) mass is 278 g/mol. The fraction of sp³-hybridized carbons (Fsp3) is 0.0714. The first-order valence-electron chi connectivity index (χ1n) is 5.78. The van der Waals surface area contributed by atoms with Gasteiger partial charge in [0.05, 0.1) is 16.9 Å². The van der Waals surface area contributed by atoms with Gasteiger partial charge in [0.1, 0.15) is 11.6 Å². The van der Waals surface area contributed by atoms with Crippen LogP contribution in [0.25, 0.3) is 0 Å². The Labute approximate surface area is 113 Å². The van der Waals surface area contributed by atoms with Gasteiger partial charge in [0.25, 0.3) is 0 Å². The Kier molecular flexibility index (Phi) is 3.84. The van der Waals surface area contributed by atoms with Crippen molar-refractivity contribution in [1.29, 1.82) is 0 Å². The number of nitrogens with one attached hydrogen (secondary N) is 1. The minimum absolute atomic E-state index is 0.0261. The van der Waals surface area contributed by atoms with E-state index in [1.165, 1.54) is 18.2 Å². The first-order valence-corrected chi connectivity index (χ1v) is 5.78. The van der Waals surface area contributed by atoms with Crippen molar-refractivity contribution in [2.75, 3.05) is 11.1 Å². The van der Waals surface area contributed by atoms with Crippen molar-refractivity contribution in [3.63, 3.8) is 0 Å². The third-order valence-electron chi connectivity index (χ3n) is 2.79. The van der Waals surface area contributed by atoms with Crippen molar-refractivity contribution < 1.29 is 18.7 Å². The summed E-state index contributed by atoms with van der Waals surface area (Å²) in [4.78, 5) is 11.1. The van der Waals surface area contributed by atoms with E-state index >= 15 is 0 Å². The Hall–Kier alpha value is -2.63. The van der Waals surface area contributed by atoms with Gasteiger partial charge >= 0.3 is 5.97 Å². The predicted molar refractivity (Wildman–Crippen MR) is 71.5 cm³/mol. The van der Waals surface area contributed by atoms with E-state index in [0.717, 1.165) is 18.2 Å². The Balaban J connectivity index is 2.27. The first-order chi connectivity index (χ1) is 9.49. The molecule has 0 aliphatic heterocycles. The number of aromatic carboxylic acids is 1. The first kappa shape index (κ1) is 13.8. The number of hydrogen-bond acceptors (Lipinski definition) is 3. The second-order valence-electron chi connectivity index (χ2n) is 4.16. The minimum Gasteiger partial charge on any atom is -0.478 e. The lowest BCUT2D eigenvalue weighted by Gasteiger charge is -2.12. The van der Waals surface area contributed by atoms with Crippen LogP contribution in [0.4, 0.5) is 20.2 Å². The number of rotatable bonds is 4. The molecule has 20 heavy (non-hydrogen) atoms. The van der Waals surface area contributed by atoms with Crippen LogP contribution in [0.2, 0.25) is 0 Å². The van der Waals surface area contributed by atoms with Gasteiger partial charge in [0.2, 0.25) is 0 Å². The number of carboxylic acid groups (broad SMARTS) is 1. The largest absolute Gasteiger partial charge is 0.478 e. The molecule has 0 saturated heterocycles. The Morgan fingerprint density at radius 1 is 1.25 bits per heavy atom. The molecule has 104 valence electrons. The molecule has 6 heteroatoms. The van der Waals surface area contributed by atoms with Crippen LogP contribution in [0.1, 0.15) is 15.9 Å². The number of anilines is 2. The number of carboxylic acids is 1. The highest BCUT2D eigenvalue weighted by molar-refractivity contribution is 5.97. The number of para-hydroxylation sites is 1. The predicted octanol–water partition coefficient (Wildman–Crippen LogP) is 2.86. The smallest absolute Gasteiger partial charge is 0.337 e. The molecule has 0 fully saturated rings. The van der Waals surface area contributed by atoms with Crippen LogP contribution in [0.3, 0.4) is 0 Å². The lowest BCUT2D eigenvalue weighted by Crippen LogP contribution is -2.10. The van der Waals surface area contributed by atoms with Crippen LogP contribution < -0.4 is 11.1 Å². The number of benzene rings is 2. The molecule has 0 bridgehead atoms. The van der Waals surface area contributed by atoms with Gasteiger partial charge in [0.15, 0.2) is 0 Å². The van der Waals surface area contributed by atoms with Gasteiger partial charge < -0.3 is 16.2 Å². The van der Waals surface area contributed by atoms with E-state index in [-0.39, 0.29) is 29.0 Å². The fourth-order valence-corrected chi connectivity index (χ4v) is 1.81. The normalized spacial score (nSPS) is 10.3. The summed E-state index contributed by atoms with van der Waals surface area (Å²) in [5.74, 6) is -2.30. The summed E-state index contributed by atoms with van der Waals surface area (Å²) in [7, 11) is 0. The van der Waals surface area contributed by atoms with Crippen LogP contribution in [0, 0.1) is 11.6 Å². The van der Waals surface area contributed by atoms with Gasteiger partial charge in [-0.2, -0.15) is 0 Å². The second kappa shape index (κ2) is 5.56. The van der Waals surface area contributed by atoms with Crippen molar-refractivity contribution in [3.8, 4) is 0 Å². The average molecular weight is 278 g/mol. The summed E-state index contributed by atoms with van der Waals surface area (Å²) in [5.41, 5.74) is 6.17. The van der Waals surface area contributed by atoms with E-state index in [1.54, 1.807) is 0 Å². The van der Waals surface area contributed by atoms with Gasteiger partial charge in [-0.3, -0.25) is 0 Å². The van der Waals surface area contributed by atoms with E-state index in [1.807, 2.05) is 0 Å². The van der Waals surface area contributed by atoms with Gasteiger partial charge in [0, 0.05) is 12.1 Å². The lowest BCUT2D eigenvalue weighted by molar-refractivity contribution is 0.0698. The van der Waals surface area contributed by atoms with Crippen LogP contribution >= 0.6 is 0 Å². The van der Waals surface area contributed by atoms with Crippen LogP contribution in [0.15, 0.2) is 36.4 Å². The molecule has 0 amide bonds. The average Bonchev–Trinajstić information content (AvgIpc) is 2.40. The molecular weight excluding hydrogens is 266 g/mol. The van der Waals surface area contributed by atoms with Crippen LogP contribution in [-0.2, 0) is 6.54 Å². The number of halogens is 2. The highest BCUT2D eigenvalue weighted by Gasteiger charge is 2.13. The zero-order valence-corrected chi connectivity index (χ0v) is 10.4. The molecule has 0 unspecified atom stereocenters. The summed E-state index contributed by atoms with van der Waals surface area (Å²) in [6.45, 7) is -0.0713. The Morgan fingerprint density at radius 3 is 2.70 bits per heavy atom. The SMILES string of the molecule is Nc1cccc(C(=O)O)c1NCc1cc(F)ccc1F. The molecule has 0 atom stereocenters. The van der Waals surface area contributed by atoms with Crippen molar-refractivity contribution in [3.05, 3.63) is 59.2 Å². The zero-order chi connectivity index (χ0) is 14.7. The van der Waals surface area contributed by atoms with Gasteiger partial charge in [-0.25, -0.2) is 13.6 Å². The Bertz CT molecular complexity index is 660. The maximum atomic E-state index is 13.5. The van der Waals surface area contributed by atoms with Crippen LogP contribution in [0.5, 0.6) is 0 Å². The number of nitrogen functional groups attached to an aromatic ring is 1. The minimum atomic E-state index is -1.15. The fourth-order valence-electron chi connectivity index (χ4n) is 1.81. The highest BCUT2D eigenvalue weighted by Crippen LogP contribution is 2.24. The lowest BCUT2D eigenvalue weighted by atomic mass is 10.1. The second-order valence-corrected chi connectivity index (χ2v) is 4.16. The molecule has 0 heterocycles. The molecule has 4 nitrogen and oxygen atoms in total. The van der Waals surface area contributed by atoms with Crippen molar-refractivity contribution in [1.82, 2.24) is 0 Å². The molecular formula is C14H12F2N2O2. The van der Waals surface area contributed by atoms with Gasteiger partial charge in [-0.15, -0.1) is 0 Å². The highest BCUT2D eigenvalue weighted by atomic mass is 19.1. The summed E-state index contributed by atoms with van der Waals surface area (Å²) in [5, 5.41) is 11.8. The quantitative estimate of drug-likeness (QED) is 0.752. The van der Waals surface area contributed by atoms with E-state index in [2.05, 4.69) is 5.32 Å². The molecule has 4 N–H and O–H groups in total. The molecule has 2 rings (SSSR count). The number of nitrogens with two attached hydrogens (primary N) is 1. The molecule has 2 aromatic carbocycles. The van der Waals surface area contributed by atoms with E-state index in [9.17, 15) is 13.6 Å². The van der Waals surface area contributed by atoms with E-state index in [4.69, 9.17) is 10.8 Å². The number of carbonyl (C=O) groups is 1. The summed E-state index contributed by atoms with van der Waals surface area (Å²) in [6.07, 6.45) is 0. The van der Waals surface area contributed by atoms with Crippen LogP contribution in [-0.4, -0.2) is 11.1 Å². The zero-order valence-electron chi connectivity index (χ0n) is 10.4. The summed E-state index contributed by atoms with van der Waals surface area (Å²) < 4.78 is 26.5. The van der Waals surface area contributed by atoms with Gasteiger partial charge in [-0.1, -0.05) is 6.07 Å². The molecule has 0 aliphatic rings. The van der Waals surface area contributed by atoms with Gasteiger partial charge in [-0.05, 0) is 30.3 Å². The maximum Gasteiger partial charge on any atom is 0.337 e. The molecule has 0 aliphatic carbocycles. The third kappa shape index (κ3) is 2.85. The van der Waals surface area contributed by atoms with E-state index in [0.29, 0.717) is 0 Å². The van der Waals surface area contributed by atoms with Crippen molar-refractivity contribution in [2.24, 2.45) is 0 Å². The summed E-state index contributed by atoms with van der Waals surface area (Å²) in [6, 6.07) is 7.48. The van der Waals surface area contributed by atoms with Crippen molar-refractivity contribution >= 4 is 17.3 Å². The summed E-state index contributed by atoms with van der Waals surface area (Å²) >= 11 is 0. The van der Waals surface area contributed by atoms with Crippen molar-refractivity contribution in [2.45, 2.75) is 6.54 Å². The molecule has 0 aromatic heterocycles. The number of hydrogen-bond donors (Lipinski definition) is 3. The molecule has 0 spiro atoms. The van der Waals surface area contributed by atoms with E-state index < -0.39 is 17.6 Å². The molecule has 0 radical (unpaired) electrons. The maximum absolute atomic E-state index is 13.5. The standard InChI is InChI=1S/C14H12F2N2O2/c15-9-4-5-11(16)8(6-9)7-18-13-10(14(19)20)2-1-3-12(13)17/h1-6,18H,7,17H2,(H,19,20). The Morgan fingerprint density at radius 2 is 2.00 bits per heavy atom. The molecule has 2 aromatic rings.